The van der Waals surface area contributed by atoms with Gasteiger partial charge in [-0.25, -0.2) is 10.2 Å². The van der Waals surface area contributed by atoms with E-state index in [0.29, 0.717) is 11.1 Å². The number of ether oxygens (including phenoxy) is 1. The average Bonchev–Trinajstić information content (AvgIpc) is 3.24. The van der Waals surface area contributed by atoms with Crippen LogP contribution in [0.4, 0.5) is 5.69 Å². The molecule has 2 aromatic heterocycles. The number of carbonyl (C=O) groups excluding carboxylic acids is 2. The van der Waals surface area contributed by atoms with Gasteiger partial charge in [0.1, 0.15) is 0 Å². The van der Waals surface area contributed by atoms with Crippen molar-refractivity contribution in [1.82, 2.24) is 10.4 Å². The van der Waals surface area contributed by atoms with E-state index in [1.54, 1.807) is 0 Å². The second-order valence-electron chi connectivity index (χ2n) is 5.29. The number of benzene rings is 1. The standard InChI is InChI=1S/C18H12N4O6/c23-17(13-5-7-19-8-6-13)21-20-11-12-3-4-15(14(10-12)22(25)26)28-18(24)16-2-1-9-27-16/h1-11H,(H,21,23). The van der Waals surface area contributed by atoms with Gasteiger partial charge in [-0.3, -0.25) is 19.9 Å². The summed E-state index contributed by atoms with van der Waals surface area (Å²) in [5, 5.41) is 15.0. The van der Waals surface area contributed by atoms with Crippen molar-refractivity contribution < 1.29 is 23.7 Å². The van der Waals surface area contributed by atoms with E-state index in [4.69, 9.17) is 9.15 Å². The number of nitro groups is 1. The minimum Gasteiger partial charge on any atom is -0.457 e. The van der Waals surface area contributed by atoms with Crippen molar-refractivity contribution in [3.05, 3.63) is 88.1 Å². The number of amides is 1. The van der Waals surface area contributed by atoms with Crippen LogP contribution in [0.15, 0.2) is 70.6 Å². The number of furan rings is 1. The molecular formula is C18H12N4O6. The highest BCUT2D eigenvalue weighted by Gasteiger charge is 2.20. The smallest absolute Gasteiger partial charge is 0.379 e. The van der Waals surface area contributed by atoms with E-state index in [0.717, 1.165) is 6.07 Å². The number of nitro benzene ring substituents is 1. The molecule has 10 heteroatoms. The van der Waals surface area contributed by atoms with Gasteiger partial charge in [-0.05, 0) is 36.4 Å². The second kappa shape index (κ2) is 8.36. The maximum absolute atomic E-state index is 11.9. The van der Waals surface area contributed by atoms with Crippen LogP contribution >= 0.6 is 0 Å². The van der Waals surface area contributed by atoms with Gasteiger partial charge in [0.25, 0.3) is 5.91 Å². The fraction of sp³-hybridized carbons (Fsp3) is 0. The Morgan fingerprint density at radius 1 is 1.21 bits per heavy atom. The van der Waals surface area contributed by atoms with Gasteiger partial charge in [-0.2, -0.15) is 5.10 Å². The van der Waals surface area contributed by atoms with Crippen LogP contribution in [0.25, 0.3) is 0 Å². The van der Waals surface area contributed by atoms with E-state index in [-0.39, 0.29) is 11.5 Å². The second-order valence-corrected chi connectivity index (χ2v) is 5.29. The lowest BCUT2D eigenvalue weighted by Crippen LogP contribution is -2.17. The number of nitrogens with zero attached hydrogens (tertiary/aromatic N) is 3. The molecule has 0 saturated carbocycles. The zero-order valence-corrected chi connectivity index (χ0v) is 14.1. The molecule has 0 spiro atoms. The topological polar surface area (TPSA) is 137 Å². The molecular weight excluding hydrogens is 368 g/mol. The van der Waals surface area contributed by atoms with Crippen molar-refractivity contribution in [2.45, 2.75) is 0 Å². The number of hydrazone groups is 1. The van der Waals surface area contributed by atoms with Crippen molar-refractivity contribution in [2.24, 2.45) is 5.10 Å². The summed E-state index contributed by atoms with van der Waals surface area (Å²) in [6.07, 6.45) is 5.44. The predicted molar refractivity (Wildman–Crippen MR) is 96.1 cm³/mol. The highest BCUT2D eigenvalue weighted by molar-refractivity contribution is 5.94. The predicted octanol–water partition coefficient (Wildman–Crippen LogP) is 2.57. The molecule has 0 aliphatic carbocycles. The summed E-state index contributed by atoms with van der Waals surface area (Å²) in [7, 11) is 0. The molecule has 1 N–H and O–H groups in total. The van der Waals surface area contributed by atoms with Gasteiger partial charge in [0.05, 0.1) is 17.4 Å². The molecule has 0 bridgehead atoms. The number of hydrogen-bond acceptors (Lipinski definition) is 8. The Bertz CT molecular complexity index is 1030. The molecule has 0 atom stereocenters. The molecule has 28 heavy (non-hydrogen) atoms. The lowest BCUT2D eigenvalue weighted by atomic mass is 10.2. The van der Waals surface area contributed by atoms with Gasteiger partial charge < -0.3 is 9.15 Å². The quantitative estimate of drug-likeness (QED) is 0.228. The van der Waals surface area contributed by atoms with Crippen LogP contribution < -0.4 is 10.2 Å². The maximum atomic E-state index is 11.9. The van der Waals surface area contributed by atoms with Gasteiger partial charge in [0, 0.05) is 29.6 Å². The molecule has 0 radical (unpaired) electrons. The van der Waals surface area contributed by atoms with Gasteiger partial charge in [0.2, 0.25) is 11.5 Å². The molecule has 10 nitrogen and oxygen atoms in total. The molecule has 0 fully saturated rings. The summed E-state index contributed by atoms with van der Waals surface area (Å²) in [6.45, 7) is 0. The molecule has 0 unspecified atom stereocenters. The zero-order chi connectivity index (χ0) is 19.9. The van der Waals surface area contributed by atoms with E-state index in [2.05, 4.69) is 15.5 Å². The molecule has 0 aliphatic rings. The Morgan fingerprint density at radius 2 is 2.00 bits per heavy atom. The summed E-state index contributed by atoms with van der Waals surface area (Å²) >= 11 is 0. The number of aromatic nitrogens is 1. The van der Waals surface area contributed by atoms with E-state index in [1.807, 2.05) is 0 Å². The van der Waals surface area contributed by atoms with Gasteiger partial charge in [0.15, 0.2) is 0 Å². The lowest BCUT2D eigenvalue weighted by molar-refractivity contribution is -0.385. The maximum Gasteiger partial charge on any atom is 0.379 e. The molecule has 1 amide bonds. The van der Waals surface area contributed by atoms with Crippen molar-refractivity contribution in [2.75, 3.05) is 0 Å². The molecule has 2 heterocycles. The first-order chi connectivity index (χ1) is 13.5. The molecule has 0 aliphatic heterocycles. The minimum absolute atomic E-state index is 0.0845. The van der Waals surface area contributed by atoms with Gasteiger partial charge in [-0.15, -0.1) is 0 Å². The van der Waals surface area contributed by atoms with Crippen LogP contribution in [0.5, 0.6) is 5.75 Å². The van der Waals surface area contributed by atoms with E-state index >= 15 is 0 Å². The summed E-state index contributed by atoms with van der Waals surface area (Å²) in [6, 6.07) is 9.75. The number of hydrogen-bond donors (Lipinski definition) is 1. The average molecular weight is 380 g/mol. The van der Waals surface area contributed by atoms with Crippen molar-refractivity contribution in [3.63, 3.8) is 0 Å². The number of nitrogens with one attached hydrogen (secondary N) is 1. The summed E-state index contributed by atoms with van der Waals surface area (Å²) in [5.41, 5.74) is 2.53. The third kappa shape index (κ3) is 4.43. The summed E-state index contributed by atoms with van der Waals surface area (Å²) in [5.74, 6) is -1.65. The zero-order valence-electron chi connectivity index (χ0n) is 14.1. The summed E-state index contributed by atoms with van der Waals surface area (Å²) < 4.78 is 9.91. The van der Waals surface area contributed by atoms with Gasteiger partial charge in [-0.1, -0.05) is 0 Å². The number of pyridine rings is 1. The molecule has 0 saturated heterocycles. The van der Waals surface area contributed by atoms with Gasteiger partial charge >= 0.3 is 11.7 Å². The fourth-order valence-electron chi connectivity index (χ4n) is 2.12. The molecule has 3 rings (SSSR count). The normalized spacial score (nSPS) is 10.6. The highest BCUT2D eigenvalue weighted by atomic mass is 16.6. The fourth-order valence-corrected chi connectivity index (χ4v) is 2.12. The van der Waals surface area contributed by atoms with Crippen LogP contribution in [0.2, 0.25) is 0 Å². The van der Waals surface area contributed by atoms with Crippen LogP contribution in [-0.2, 0) is 0 Å². The molecule has 3 aromatic rings. The Hall–Kier alpha value is -4.34. The minimum atomic E-state index is -0.862. The summed E-state index contributed by atoms with van der Waals surface area (Å²) in [4.78, 5) is 38.2. The monoisotopic (exact) mass is 380 g/mol. The first-order valence-electron chi connectivity index (χ1n) is 7.82. The number of carbonyl (C=O) groups is 2. The van der Waals surface area contributed by atoms with E-state index in [1.165, 1.54) is 61.3 Å². The third-order valence-corrected chi connectivity index (χ3v) is 3.43. The Labute approximate surface area is 157 Å². The van der Waals surface area contributed by atoms with E-state index in [9.17, 15) is 19.7 Å². The Balaban J connectivity index is 1.72. The van der Waals surface area contributed by atoms with Crippen LogP contribution in [0.3, 0.4) is 0 Å². The first kappa shape index (κ1) is 18.5. The highest BCUT2D eigenvalue weighted by Crippen LogP contribution is 2.28. The largest absolute Gasteiger partial charge is 0.457 e. The van der Waals surface area contributed by atoms with Crippen LogP contribution in [-0.4, -0.2) is 28.0 Å². The number of rotatable bonds is 6. The van der Waals surface area contributed by atoms with Crippen LogP contribution in [0, 0.1) is 10.1 Å². The van der Waals surface area contributed by atoms with E-state index < -0.39 is 22.5 Å². The third-order valence-electron chi connectivity index (χ3n) is 3.43. The lowest BCUT2D eigenvalue weighted by Gasteiger charge is -2.04. The molecule has 1 aromatic carbocycles. The molecule has 140 valence electrons. The van der Waals surface area contributed by atoms with Crippen molar-refractivity contribution in [3.8, 4) is 5.75 Å². The van der Waals surface area contributed by atoms with Crippen molar-refractivity contribution >= 4 is 23.8 Å². The Kier molecular flexibility index (Phi) is 5.51. The number of esters is 1. The van der Waals surface area contributed by atoms with Crippen LogP contribution in [0.1, 0.15) is 26.5 Å². The first-order valence-corrected chi connectivity index (χ1v) is 7.82. The SMILES string of the molecule is O=C(NN=Cc1ccc(OC(=O)c2ccco2)c([N+](=O)[O-])c1)c1ccncc1. The van der Waals surface area contributed by atoms with Crippen molar-refractivity contribution in [1.29, 1.82) is 0 Å². The Morgan fingerprint density at radius 3 is 2.68 bits per heavy atom.